The molecule has 0 radical (unpaired) electrons. The van der Waals surface area contributed by atoms with Crippen molar-refractivity contribution in [1.82, 2.24) is 15.5 Å². The predicted octanol–water partition coefficient (Wildman–Crippen LogP) is 1.71. The normalized spacial score (nSPS) is 12.2. The van der Waals surface area contributed by atoms with Gasteiger partial charge in [0.25, 0.3) is 0 Å². The largest absolute Gasteiger partial charge is 0.508 e. The van der Waals surface area contributed by atoms with Crippen LogP contribution in [-0.2, 0) is 0 Å². The van der Waals surface area contributed by atoms with E-state index in [9.17, 15) is 10.2 Å². The van der Waals surface area contributed by atoms with Crippen LogP contribution < -0.4 is 15.4 Å². The number of H-pyrrole nitrogens is 1. The first kappa shape index (κ1) is 17.1. The molecule has 3 rings (SSSR count). The third-order valence-corrected chi connectivity index (χ3v) is 3.76. The Hall–Kier alpha value is -2.77. The number of nitrogens with zero attached hydrogens (tertiary/aromatic N) is 1. The first-order valence-electron chi connectivity index (χ1n) is 8.19. The summed E-state index contributed by atoms with van der Waals surface area (Å²) in [7, 11) is 0. The number of phenols is 1. The van der Waals surface area contributed by atoms with Crippen LogP contribution in [0.5, 0.6) is 11.5 Å². The van der Waals surface area contributed by atoms with Gasteiger partial charge in [0.05, 0.1) is 11.7 Å². The van der Waals surface area contributed by atoms with Gasteiger partial charge in [-0.05, 0) is 36.4 Å². The van der Waals surface area contributed by atoms with Gasteiger partial charge < -0.3 is 25.6 Å². The van der Waals surface area contributed by atoms with Crippen molar-refractivity contribution < 1.29 is 14.9 Å². The highest BCUT2D eigenvalue weighted by Gasteiger charge is 2.05. The fraction of sp³-hybridized carbons (Fsp3) is 0.278. The Balaban J connectivity index is 1.33. The topological polar surface area (TPSA) is 102 Å². The summed E-state index contributed by atoms with van der Waals surface area (Å²) in [6, 6.07) is 12.4. The Morgan fingerprint density at radius 1 is 1.12 bits per heavy atom. The van der Waals surface area contributed by atoms with Gasteiger partial charge in [0.15, 0.2) is 0 Å². The summed E-state index contributed by atoms with van der Waals surface area (Å²) in [5.41, 5.74) is 2.03. The summed E-state index contributed by atoms with van der Waals surface area (Å²) in [4.78, 5) is 0. The number of aromatic nitrogens is 2. The summed E-state index contributed by atoms with van der Waals surface area (Å²) in [5, 5.41) is 33.7. The molecular weight excluding hydrogens is 320 g/mol. The van der Waals surface area contributed by atoms with E-state index in [2.05, 4.69) is 20.8 Å². The highest BCUT2D eigenvalue weighted by Crippen LogP contribution is 2.20. The molecule has 25 heavy (non-hydrogen) atoms. The molecule has 0 amide bonds. The van der Waals surface area contributed by atoms with Crippen molar-refractivity contribution in [3.63, 3.8) is 0 Å². The summed E-state index contributed by atoms with van der Waals surface area (Å²) in [6.45, 7) is 2.08. The van der Waals surface area contributed by atoms with Crippen LogP contribution in [0, 0.1) is 0 Å². The van der Waals surface area contributed by atoms with E-state index in [1.54, 1.807) is 30.5 Å². The Kier molecular flexibility index (Phi) is 5.71. The Morgan fingerprint density at radius 3 is 2.80 bits per heavy atom. The van der Waals surface area contributed by atoms with Gasteiger partial charge in [0.1, 0.15) is 24.2 Å². The lowest BCUT2D eigenvalue weighted by atomic mass is 10.2. The molecular formula is C18H22N4O3. The number of phenolic OH excluding ortho intramolecular Hbond substituents is 1. The van der Waals surface area contributed by atoms with Crippen molar-refractivity contribution in [2.75, 3.05) is 31.6 Å². The molecule has 3 aromatic rings. The third-order valence-electron chi connectivity index (χ3n) is 3.76. The Labute approximate surface area is 145 Å². The van der Waals surface area contributed by atoms with E-state index in [4.69, 9.17) is 4.74 Å². The van der Waals surface area contributed by atoms with Gasteiger partial charge in [-0.25, -0.2) is 0 Å². The number of aliphatic hydroxyl groups excluding tert-OH is 1. The van der Waals surface area contributed by atoms with Crippen LogP contribution in [0.3, 0.4) is 0 Å². The Morgan fingerprint density at radius 2 is 1.96 bits per heavy atom. The molecule has 0 bridgehead atoms. The first-order valence-corrected chi connectivity index (χ1v) is 8.19. The van der Waals surface area contributed by atoms with Crippen LogP contribution in [0.15, 0.2) is 48.7 Å². The number of nitrogens with one attached hydrogen (secondary N) is 3. The van der Waals surface area contributed by atoms with Gasteiger partial charge in [-0.1, -0.05) is 6.07 Å². The fourth-order valence-corrected chi connectivity index (χ4v) is 2.47. The molecule has 1 aromatic heterocycles. The second-order valence-corrected chi connectivity index (χ2v) is 5.73. The molecule has 1 heterocycles. The van der Waals surface area contributed by atoms with E-state index in [1.165, 1.54) is 0 Å². The van der Waals surface area contributed by atoms with Crippen LogP contribution in [0.2, 0.25) is 0 Å². The van der Waals surface area contributed by atoms with E-state index in [-0.39, 0.29) is 12.4 Å². The zero-order chi connectivity index (χ0) is 17.5. The molecule has 7 nitrogen and oxygen atoms in total. The summed E-state index contributed by atoms with van der Waals surface area (Å²) >= 11 is 0. The number of ether oxygens (including phenoxy) is 1. The molecule has 1 unspecified atom stereocenters. The lowest BCUT2D eigenvalue weighted by molar-refractivity contribution is 0.107. The smallest absolute Gasteiger partial charge is 0.119 e. The minimum atomic E-state index is -0.605. The van der Waals surface area contributed by atoms with Gasteiger partial charge >= 0.3 is 0 Å². The highest BCUT2D eigenvalue weighted by molar-refractivity contribution is 5.90. The van der Waals surface area contributed by atoms with E-state index < -0.39 is 6.10 Å². The van der Waals surface area contributed by atoms with Gasteiger partial charge in [0.2, 0.25) is 0 Å². The van der Waals surface area contributed by atoms with Crippen molar-refractivity contribution in [3.05, 3.63) is 48.7 Å². The maximum absolute atomic E-state index is 9.93. The quantitative estimate of drug-likeness (QED) is 0.379. The van der Waals surface area contributed by atoms with Gasteiger partial charge in [-0.3, -0.25) is 5.10 Å². The number of aliphatic hydroxyl groups is 1. The molecule has 7 heteroatoms. The van der Waals surface area contributed by atoms with E-state index >= 15 is 0 Å². The lowest BCUT2D eigenvalue weighted by Gasteiger charge is -2.14. The summed E-state index contributed by atoms with van der Waals surface area (Å²) in [5.74, 6) is 0.805. The standard InChI is InChI=1S/C18H22N4O3/c23-13-4-6-15(7-5-13)25-12-14(24)10-19-8-9-20-17-2-1-3-18-16(17)11-21-22-18/h1-7,11,14,19-20,23-24H,8-10,12H2,(H,21,22). The van der Waals surface area contributed by atoms with Crippen molar-refractivity contribution in [2.24, 2.45) is 0 Å². The molecule has 0 spiro atoms. The highest BCUT2D eigenvalue weighted by atomic mass is 16.5. The van der Waals surface area contributed by atoms with Crippen molar-refractivity contribution >= 4 is 16.6 Å². The number of hydrogen-bond donors (Lipinski definition) is 5. The zero-order valence-electron chi connectivity index (χ0n) is 13.8. The van der Waals surface area contributed by atoms with Crippen LogP contribution >= 0.6 is 0 Å². The SMILES string of the molecule is Oc1ccc(OCC(O)CNCCNc2cccc3[nH]ncc23)cc1. The maximum atomic E-state index is 9.93. The predicted molar refractivity (Wildman–Crippen MR) is 97.1 cm³/mol. The number of hydrogen-bond acceptors (Lipinski definition) is 6. The number of rotatable bonds is 9. The van der Waals surface area contributed by atoms with Crippen molar-refractivity contribution in [3.8, 4) is 11.5 Å². The molecule has 0 aliphatic heterocycles. The molecule has 0 saturated carbocycles. The second kappa shape index (κ2) is 8.36. The van der Waals surface area contributed by atoms with Gasteiger partial charge in [-0.2, -0.15) is 5.10 Å². The third kappa shape index (κ3) is 4.85. The first-order chi connectivity index (χ1) is 12.2. The minimum Gasteiger partial charge on any atom is -0.508 e. The van der Waals surface area contributed by atoms with E-state index in [0.29, 0.717) is 18.8 Å². The monoisotopic (exact) mass is 342 g/mol. The number of benzene rings is 2. The molecule has 0 fully saturated rings. The van der Waals surface area contributed by atoms with Gasteiger partial charge in [-0.15, -0.1) is 0 Å². The van der Waals surface area contributed by atoms with Crippen molar-refractivity contribution in [2.45, 2.75) is 6.10 Å². The van der Waals surface area contributed by atoms with E-state index in [0.717, 1.165) is 23.1 Å². The van der Waals surface area contributed by atoms with Crippen LogP contribution in [0.25, 0.3) is 10.9 Å². The molecule has 0 saturated heterocycles. The zero-order valence-corrected chi connectivity index (χ0v) is 13.8. The lowest BCUT2D eigenvalue weighted by Crippen LogP contribution is -2.34. The molecule has 132 valence electrons. The number of aromatic hydroxyl groups is 1. The molecule has 1 atom stereocenters. The van der Waals surface area contributed by atoms with Crippen LogP contribution in [-0.4, -0.2) is 52.8 Å². The van der Waals surface area contributed by atoms with Crippen molar-refractivity contribution in [1.29, 1.82) is 0 Å². The van der Waals surface area contributed by atoms with Crippen LogP contribution in [0.4, 0.5) is 5.69 Å². The molecule has 0 aliphatic rings. The maximum Gasteiger partial charge on any atom is 0.119 e. The van der Waals surface area contributed by atoms with E-state index in [1.807, 2.05) is 18.2 Å². The molecule has 2 aromatic carbocycles. The minimum absolute atomic E-state index is 0.188. The number of aromatic amines is 1. The summed E-state index contributed by atoms with van der Waals surface area (Å²) in [6.07, 6.45) is 1.20. The molecule has 0 aliphatic carbocycles. The Bertz CT molecular complexity index is 788. The fourth-order valence-electron chi connectivity index (χ4n) is 2.47. The molecule has 5 N–H and O–H groups in total. The van der Waals surface area contributed by atoms with Gasteiger partial charge in [0, 0.05) is 30.7 Å². The number of fused-ring (bicyclic) bond motifs is 1. The average Bonchev–Trinajstić information content (AvgIpc) is 3.10. The number of anilines is 1. The van der Waals surface area contributed by atoms with Crippen LogP contribution in [0.1, 0.15) is 0 Å². The summed E-state index contributed by atoms with van der Waals surface area (Å²) < 4.78 is 5.46. The second-order valence-electron chi connectivity index (χ2n) is 5.73. The average molecular weight is 342 g/mol.